The van der Waals surface area contributed by atoms with E-state index in [0.29, 0.717) is 12.3 Å². The molecule has 1 unspecified atom stereocenters. The van der Waals surface area contributed by atoms with Gasteiger partial charge in [-0.2, -0.15) is 5.10 Å². The molecule has 1 amide bonds. The molecule has 1 atom stereocenters. The summed E-state index contributed by atoms with van der Waals surface area (Å²) in [4.78, 5) is 20.1. The number of allylic oxidation sites excluding steroid dienone is 1. The zero-order valence-corrected chi connectivity index (χ0v) is 17.4. The van der Waals surface area contributed by atoms with Crippen LogP contribution in [0.1, 0.15) is 54.2 Å². The molecule has 3 aromatic heterocycles. The van der Waals surface area contributed by atoms with Crippen LogP contribution < -0.4 is 11.1 Å². The monoisotopic (exact) mass is 432 g/mol. The molecule has 32 heavy (non-hydrogen) atoms. The van der Waals surface area contributed by atoms with Crippen molar-refractivity contribution in [3.05, 3.63) is 77.7 Å². The summed E-state index contributed by atoms with van der Waals surface area (Å²) in [7, 11) is 0. The lowest BCUT2D eigenvalue weighted by Gasteiger charge is -2.18. The van der Waals surface area contributed by atoms with Gasteiger partial charge in [-0.1, -0.05) is 6.92 Å². The van der Waals surface area contributed by atoms with Crippen molar-refractivity contribution >= 4 is 22.5 Å². The molecular weight excluding hydrogens is 411 g/mol. The fraction of sp³-hybridized carbons (Fsp3) is 0.217. The van der Waals surface area contributed by atoms with Gasteiger partial charge < -0.3 is 15.5 Å². The third kappa shape index (κ3) is 3.62. The number of carbonyl (C=O) groups excluding carboxylic acids is 1. The molecule has 8 nitrogen and oxygen atoms in total. The van der Waals surface area contributed by atoms with Gasteiger partial charge in [0.25, 0.3) is 5.91 Å². The minimum atomic E-state index is -0.627. The predicted octanol–water partition coefficient (Wildman–Crippen LogP) is 3.89. The van der Waals surface area contributed by atoms with Crippen LogP contribution in [0.15, 0.2) is 59.1 Å². The number of primary amides is 1. The number of carbonyl (C=O) groups is 1. The average molecular weight is 432 g/mol. The number of rotatable bonds is 7. The van der Waals surface area contributed by atoms with E-state index in [1.807, 2.05) is 13.1 Å². The molecule has 1 aromatic carbocycles. The Balaban J connectivity index is 1.53. The Kier molecular flexibility index (Phi) is 4.93. The van der Waals surface area contributed by atoms with Crippen molar-refractivity contribution in [2.24, 2.45) is 5.73 Å². The number of fused-ring (bicyclic) bond motifs is 1. The van der Waals surface area contributed by atoms with Crippen LogP contribution in [0.3, 0.4) is 0 Å². The van der Waals surface area contributed by atoms with Gasteiger partial charge in [0.2, 0.25) is 5.89 Å². The van der Waals surface area contributed by atoms with Crippen molar-refractivity contribution in [2.45, 2.75) is 32.2 Å². The van der Waals surface area contributed by atoms with E-state index in [0.717, 1.165) is 40.7 Å². The minimum Gasteiger partial charge on any atom is -0.446 e. The number of nitrogens with two attached hydrogens (primary N) is 1. The molecule has 3 N–H and O–H groups in total. The summed E-state index contributed by atoms with van der Waals surface area (Å²) in [6.07, 6.45) is 9.28. The summed E-state index contributed by atoms with van der Waals surface area (Å²) in [6.45, 7) is 2.01. The van der Waals surface area contributed by atoms with E-state index in [1.54, 1.807) is 29.2 Å². The van der Waals surface area contributed by atoms with E-state index in [4.69, 9.17) is 10.2 Å². The van der Waals surface area contributed by atoms with E-state index in [1.165, 1.54) is 24.0 Å². The normalized spacial score (nSPS) is 13.9. The summed E-state index contributed by atoms with van der Waals surface area (Å²) in [5.74, 6) is -0.523. The minimum absolute atomic E-state index is 0.102. The highest BCUT2D eigenvalue weighted by Crippen LogP contribution is 2.38. The van der Waals surface area contributed by atoms with Crippen molar-refractivity contribution < 1.29 is 13.6 Å². The Morgan fingerprint density at radius 2 is 2.03 bits per heavy atom. The number of oxazole rings is 1. The van der Waals surface area contributed by atoms with Crippen LogP contribution >= 0.6 is 0 Å². The SMILES string of the molecule is CCC(NC(=C1CC1)c1cncc2c1cnn2-c1ccc(F)cc1)c1nc(C(N)=O)co1. The second kappa shape index (κ2) is 7.92. The van der Waals surface area contributed by atoms with Gasteiger partial charge in [0.15, 0.2) is 5.69 Å². The zero-order valence-electron chi connectivity index (χ0n) is 17.4. The molecule has 1 aliphatic rings. The maximum absolute atomic E-state index is 13.4. The lowest BCUT2D eigenvalue weighted by atomic mass is 10.1. The van der Waals surface area contributed by atoms with Gasteiger partial charge in [-0.3, -0.25) is 9.78 Å². The molecule has 162 valence electrons. The van der Waals surface area contributed by atoms with Crippen LogP contribution in [0.25, 0.3) is 22.3 Å². The Hall–Kier alpha value is -4.01. The first-order valence-corrected chi connectivity index (χ1v) is 10.4. The average Bonchev–Trinajstić information content (AvgIpc) is 3.34. The number of hydrogen-bond donors (Lipinski definition) is 2. The molecule has 0 saturated heterocycles. The van der Waals surface area contributed by atoms with E-state index in [9.17, 15) is 9.18 Å². The number of nitrogens with one attached hydrogen (secondary N) is 1. The fourth-order valence-corrected chi connectivity index (χ4v) is 3.69. The van der Waals surface area contributed by atoms with Gasteiger partial charge in [-0.15, -0.1) is 0 Å². The van der Waals surface area contributed by atoms with Crippen LogP contribution in [0.2, 0.25) is 0 Å². The third-order valence-electron chi connectivity index (χ3n) is 5.49. The second-order valence-electron chi connectivity index (χ2n) is 7.67. The molecule has 9 heteroatoms. The number of halogens is 1. The maximum Gasteiger partial charge on any atom is 0.270 e. The van der Waals surface area contributed by atoms with Crippen LogP contribution in [0, 0.1) is 5.82 Å². The molecule has 1 saturated carbocycles. The van der Waals surface area contributed by atoms with Crippen molar-refractivity contribution in [3.63, 3.8) is 0 Å². The highest BCUT2D eigenvalue weighted by Gasteiger charge is 2.26. The molecule has 0 aliphatic heterocycles. The summed E-state index contributed by atoms with van der Waals surface area (Å²) < 4.78 is 20.6. The fourth-order valence-electron chi connectivity index (χ4n) is 3.69. The molecule has 0 spiro atoms. The Morgan fingerprint density at radius 1 is 1.25 bits per heavy atom. The van der Waals surface area contributed by atoms with Gasteiger partial charge >= 0.3 is 0 Å². The number of pyridine rings is 1. The first-order valence-electron chi connectivity index (χ1n) is 10.4. The highest BCUT2D eigenvalue weighted by molar-refractivity contribution is 5.92. The standard InChI is InChI=1S/C23H21FN6O2/c1-2-18(23-29-19(12-32-23)22(25)31)28-21(13-3-4-13)17-9-26-11-20-16(17)10-27-30(20)15-7-5-14(24)6-8-15/h5-12,18,28H,2-4H2,1H3,(H2,25,31). The Morgan fingerprint density at radius 3 is 2.69 bits per heavy atom. The van der Waals surface area contributed by atoms with Crippen molar-refractivity contribution in [1.82, 2.24) is 25.1 Å². The second-order valence-corrected chi connectivity index (χ2v) is 7.67. The molecule has 0 radical (unpaired) electrons. The van der Waals surface area contributed by atoms with Crippen LogP contribution in [0.5, 0.6) is 0 Å². The van der Waals surface area contributed by atoms with Gasteiger partial charge in [0.05, 0.1) is 23.6 Å². The summed E-state index contributed by atoms with van der Waals surface area (Å²) in [6, 6.07) is 5.93. The lowest BCUT2D eigenvalue weighted by Crippen LogP contribution is -2.21. The Bertz CT molecular complexity index is 1330. The van der Waals surface area contributed by atoms with Crippen LogP contribution in [-0.4, -0.2) is 25.7 Å². The molecule has 0 bridgehead atoms. The van der Waals surface area contributed by atoms with E-state index >= 15 is 0 Å². The molecule has 5 rings (SSSR count). The third-order valence-corrected chi connectivity index (χ3v) is 5.49. The number of hydrogen-bond acceptors (Lipinski definition) is 6. The maximum atomic E-state index is 13.4. The summed E-state index contributed by atoms with van der Waals surface area (Å²) >= 11 is 0. The number of aromatic nitrogens is 4. The number of amides is 1. The summed E-state index contributed by atoms with van der Waals surface area (Å²) in [5.41, 5.74) is 10.1. The van der Waals surface area contributed by atoms with E-state index in [-0.39, 0.29) is 17.6 Å². The molecule has 4 aromatic rings. The van der Waals surface area contributed by atoms with Crippen LogP contribution in [-0.2, 0) is 0 Å². The van der Waals surface area contributed by atoms with Gasteiger partial charge in [0.1, 0.15) is 18.1 Å². The molecule has 1 aliphatic carbocycles. The number of nitrogens with zero attached hydrogens (tertiary/aromatic N) is 4. The summed E-state index contributed by atoms with van der Waals surface area (Å²) in [5, 5.41) is 8.99. The van der Waals surface area contributed by atoms with Crippen LogP contribution in [0.4, 0.5) is 4.39 Å². The topological polar surface area (TPSA) is 112 Å². The van der Waals surface area contributed by atoms with Crippen molar-refractivity contribution in [1.29, 1.82) is 0 Å². The highest BCUT2D eigenvalue weighted by atomic mass is 19.1. The molecule has 1 fully saturated rings. The predicted molar refractivity (Wildman–Crippen MR) is 116 cm³/mol. The van der Waals surface area contributed by atoms with E-state index in [2.05, 4.69) is 20.4 Å². The zero-order chi connectivity index (χ0) is 22.2. The van der Waals surface area contributed by atoms with Gasteiger partial charge in [-0.25, -0.2) is 14.1 Å². The van der Waals surface area contributed by atoms with Crippen molar-refractivity contribution in [2.75, 3.05) is 0 Å². The van der Waals surface area contributed by atoms with E-state index < -0.39 is 5.91 Å². The quantitative estimate of drug-likeness (QED) is 0.458. The first kappa shape index (κ1) is 19.9. The first-order chi connectivity index (χ1) is 15.5. The Labute approximate surface area is 183 Å². The molecular formula is C23H21FN6O2. The van der Waals surface area contributed by atoms with Crippen molar-refractivity contribution in [3.8, 4) is 5.69 Å². The molecule has 3 heterocycles. The van der Waals surface area contributed by atoms with Gasteiger partial charge in [-0.05, 0) is 49.1 Å². The lowest BCUT2D eigenvalue weighted by molar-refractivity contribution is 0.0995. The van der Waals surface area contributed by atoms with Gasteiger partial charge in [0, 0.05) is 22.8 Å². The number of benzene rings is 1. The smallest absolute Gasteiger partial charge is 0.270 e. The largest absolute Gasteiger partial charge is 0.446 e.